The van der Waals surface area contributed by atoms with Crippen LogP contribution in [0.2, 0.25) is 0 Å². The zero-order valence-electron chi connectivity index (χ0n) is 15.7. The van der Waals surface area contributed by atoms with E-state index in [1.54, 1.807) is 18.4 Å². The molecule has 2 N–H and O–H groups in total. The summed E-state index contributed by atoms with van der Waals surface area (Å²) >= 11 is 19.5. The average molecular weight is 488 g/mol. The van der Waals surface area contributed by atoms with E-state index < -0.39 is 21.8 Å². The number of nitrogens with one attached hydrogen (secondary N) is 2. The van der Waals surface area contributed by atoms with Crippen LogP contribution in [0.3, 0.4) is 0 Å². The number of carbonyl (C=O) groups is 2. The number of carbonyl (C=O) groups excluding carboxylic acids is 2. The van der Waals surface area contributed by atoms with Gasteiger partial charge in [-0.1, -0.05) is 65.1 Å². The summed E-state index contributed by atoms with van der Waals surface area (Å²) in [5.74, 6) is -1.06. The molecule has 3 aromatic rings. The number of hydrogen-bond acceptors (Lipinski definition) is 6. The zero-order valence-corrected chi connectivity index (χ0v) is 18.7. The number of amides is 1. The zero-order chi connectivity index (χ0) is 21.7. The number of halogens is 3. The van der Waals surface area contributed by atoms with Gasteiger partial charge >= 0.3 is 5.97 Å². The van der Waals surface area contributed by atoms with E-state index in [0.717, 1.165) is 5.56 Å². The summed E-state index contributed by atoms with van der Waals surface area (Å²) in [5, 5.41) is 7.72. The monoisotopic (exact) mass is 486 g/mol. The Morgan fingerprint density at radius 2 is 1.90 bits per heavy atom. The highest BCUT2D eigenvalue weighted by Gasteiger charge is 2.36. The first kappa shape index (κ1) is 22.5. The normalized spacial score (nSPS) is 12.3. The molecule has 2 heterocycles. The predicted molar refractivity (Wildman–Crippen MR) is 120 cm³/mol. The fourth-order valence-electron chi connectivity index (χ4n) is 2.64. The molecule has 30 heavy (non-hydrogen) atoms. The van der Waals surface area contributed by atoms with Crippen molar-refractivity contribution in [3.8, 4) is 11.1 Å². The van der Waals surface area contributed by atoms with Crippen molar-refractivity contribution in [1.29, 1.82) is 0 Å². The molecular weight excluding hydrogens is 471 g/mol. The van der Waals surface area contributed by atoms with Gasteiger partial charge in [0.05, 0.1) is 12.9 Å². The maximum absolute atomic E-state index is 12.7. The van der Waals surface area contributed by atoms with Gasteiger partial charge in [0.1, 0.15) is 16.7 Å². The lowest BCUT2D eigenvalue weighted by molar-refractivity contribution is 0.0529. The molecular formula is C20H17Cl3N2O4S. The quantitative estimate of drug-likeness (QED) is 0.253. The van der Waals surface area contributed by atoms with Crippen LogP contribution in [0.5, 0.6) is 0 Å². The number of benzene rings is 1. The fraction of sp³-hybridized carbons (Fsp3) is 0.200. The lowest BCUT2D eigenvalue weighted by Crippen LogP contribution is -2.49. The van der Waals surface area contributed by atoms with Crippen LogP contribution in [0.25, 0.3) is 11.1 Å². The van der Waals surface area contributed by atoms with E-state index in [9.17, 15) is 9.59 Å². The molecule has 1 aromatic carbocycles. The Hall–Kier alpha value is -2.19. The van der Waals surface area contributed by atoms with Gasteiger partial charge in [-0.2, -0.15) is 0 Å². The highest BCUT2D eigenvalue weighted by atomic mass is 35.6. The molecule has 0 unspecified atom stereocenters. The summed E-state index contributed by atoms with van der Waals surface area (Å²) in [6.07, 6.45) is 0.201. The van der Waals surface area contributed by atoms with Crippen molar-refractivity contribution < 1.29 is 18.7 Å². The minimum atomic E-state index is -1.93. The molecule has 0 bridgehead atoms. The lowest BCUT2D eigenvalue weighted by Gasteiger charge is -2.26. The van der Waals surface area contributed by atoms with Gasteiger partial charge < -0.3 is 19.8 Å². The third-order valence-corrected chi connectivity index (χ3v) is 5.54. The minimum absolute atomic E-state index is 0.0535. The maximum Gasteiger partial charge on any atom is 0.341 e. The molecule has 1 amide bonds. The third-order valence-electron chi connectivity index (χ3n) is 3.98. The molecule has 1 atom stereocenters. The van der Waals surface area contributed by atoms with Gasteiger partial charge in [-0.25, -0.2) is 4.79 Å². The van der Waals surface area contributed by atoms with Crippen LogP contribution in [-0.2, 0) is 4.74 Å². The first-order valence-electron chi connectivity index (χ1n) is 8.83. The van der Waals surface area contributed by atoms with Crippen molar-refractivity contribution in [1.82, 2.24) is 5.32 Å². The van der Waals surface area contributed by atoms with Crippen molar-refractivity contribution in [3.63, 3.8) is 0 Å². The molecule has 0 aliphatic heterocycles. The Balaban J connectivity index is 1.95. The van der Waals surface area contributed by atoms with E-state index in [2.05, 4.69) is 10.6 Å². The molecule has 6 nitrogen and oxygen atoms in total. The number of rotatable bonds is 7. The van der Waals surface area contributed by atoms with Crippen molar-refractivity contribution in [2.75, 3.05) is 11.9 Å². The standard InChI is InChI=1S/C20H17Cl3N2O4S/c1-2-28-18(27)15-13(12-7-4-3-5-8-12)11-30-17(15)25-19(20(21,22)23)24-16(26)14-9-6-10-29-14/h3-11,19,25H,2H2,1H3,(H,24,26)/t19-/m0/s1. The van der Waals surface area contributed by atoms with E-state index in [1.807, 2.05) is 30.3 Å². The van der Waals surface area contributed by atoms with Gasteiger partial charge in [0.2, 0.25) is 3.79 Å². The van der Waals surface area contributed by atoms with Gasteiger partial charge in [-0.3, -0.25) is 4.79 Å². The maximum atomic E-state index is 12.7. The predicted octanol–water partition coefficient (Wildman–Crippen LogP) is 5.72. The Morgan fingerprint density at radius 3 is 2.50 bits per heavy atom. The Labute approximate surface area is 192 Å². The van der Waals surface area contributed by atoms with E-state index in [-0.39, 0.29) is 12.4 Å². The number of ether oxygens (including phenoxy) is 1. The highest BCUT2D eigenvalue weighted by molar-refractivity contribution is 7.15. The number of furan rings is 1. The van der Waals surface area contributed by atoms with Gasteiger partial charge in [0.25, 0.3) is 5.91 Å². The molecule has 0 saturated heterocycles. The van der Waals surface area contributed by atoms with E-state index in [4.69, 9.17) is 44.0 Å². The number of thiophene rings is 1. The Kier molecular flexibility index (Phi) is 7.31. The van der Waals surface area contributed by atoms with Crippen LogP contribution in [-0.4, -0.2) is 28.4 Å². The average Bonchev–Trinajstić information content (AvgIpc) is 3.38. The number of alkyl halides is 3. The Bertz CT molecular complexity index is 1000. The first-order valence-corrected chi connectivity index (χ1v) is 10.8. The van der Waals surface area contributed by atoms with Crippen molar-refractivity contribution >= 4 is 63.0 Å². The van der Waals surface area contributed by atoms with Gasteiger partial charge in [-0.05, 0) is 24.6 Å². The molecule has 2 aromatic heterocycles. The number of hydrogen-bond donors (Lipinski definition) is 2. The summed E-state index contributed by atoms with van der Waals surface area (Å²) in [5.41, 5.74) is 1.79. The molecule has 0 radical (unpaired) electrons. The van der Waals surface area contributed by atoms with Gasteiger partial charge in [0.15, 0.2) is 5.76 Å². The molecule has 0 aliphatic rings. The van der Waals surface area contributed by atoms with Crippen LogP contribution < -0.4 is 10.6 Å². The molecule has 0 saturated carbocycles. The van der Waals surface area contributed by atoms with Crippen molar-refractivity contribution in [2.45, 2.75) is 16.9 Å². The van der Waals surface area contributed by atoms with Crippen molar-refractivity contribution in [2.24, 2.45) is 0 Å². The largest absolute Gasteiger partial charge is 0.462 e. The SMILES string of the molecule is CCOC(=O)c1c(-c2ccccc2)csc1N[C@H](NC(=O)c1ccco1)C(Cl)(Cl)Cl. The van der Waals surface area contributed by atoms with E-state index >= 15 is 0 Å². The van der Waals surface area contributed by atoms with Crippen LogP contribution in [0.15, 0.2) is 58.5 Å². The number of anilines is 1. The topological polar surface area (TPSA) is 80.6 Å². The second kappa shape index (κ2) is 9.75. The van der Waals surface area contributed by atoms with Crippen molar-refractivity contribution in [3.05, 3.63) is 65.4 Å². The molecule has 3 rings (SSSR count). The summed E-state index contributed by atoms with van der Waals surface area (Å²) < 4.78 is 8.37. The summed E-state index contributed by atoms with van der Waals surface area (Å²) in [6.45, 7) is 1.92. The van der Waals surface area contributed by atoms with Crippen LogP contribution >= 0.6 is 46.1 Å². The highest BCUT2D eigenvalue weighted by Crippen LogP contribution is 2.39. The van der Waals surface area contributed by atoms with Crippen LogP contribution in [0.1, 0.15) is 27.8 Å². The smallest absolute Gasteiger partial charge is 0.341 e. The summed E-state index contributed by atoms with van der Waals surface area (Å²) in [7, 11) is 0. The third kappa shape index (κ3) is 5.29. The summed E-state index contributed by atoms with van der Waals surface area (Å²) in [4.78, 5) is 25.1. The van der Waals surface area contributed by atoms with Gasteiger partial charge in [0, 0.05) is 10.9 Å². The molecule has 0 fully saturated rings. The first-order chi connectivity index (χ1) is 14.3. The van der Waals surface area contributed by atoms with Gasteiger partial charge in [-0.15, -0.1) is 11.3 Å². The Morgan fingerprint density at radius 1 is 1.17 bits per heavy atom. The van der Waals surface area contributed by atoms with Crippen LogP contribution in [0.4, 0.5) is 5.00 Å². The second-order valence-corrected chi connectivity index (χ2v) is 9.26. The fourth-order valence-corrected chi connectivity index (χ4v) is 3.96. The van der Waals surface area contributed by atoms with Crippen LogP contribution in [0, 0.1) is 0 Å². The van der Waals surface area contributed by atoms with E-state index in [0.29, 0.717) is 16.1 Å². The number of esters is 1. The second-order valence-electron chi connectivity index (χ2n) is 6.01. The molecule has 10 heteroatoms. The molecule has 158 valence electrons. The minimum Gasteiger partial charge on any atom is -0.462 e. The summed E-state index contributed by atoms with van der Waals surface area (Å²) in [6, 6.07) is 12.4. The lowest BCUT2D eigenvalue weighted by atomic mass is 10.0. The molecule has 0 spiro atoms. The van der Waals surface area contributed by atoms with E-state index in [1.165, 1.54) is 23.7 Å². The molecule has 0 aliphatic carbocycles.